The van der Waals surface area contributed by atoms with Gasteiger partial charge in [-0.1, -0.05) is 6.07 Å². The number of carbonyl (C=O) groups excluding carboxylic acids is 2. The van der Waals surface area contributed by atoms with Gasteiger partial charge in [-0.25, -0.2) is 4.79 Å². The average molecular weight is 437 g/mol. The summed E-state index contributed by atoms with van der Waals surface area (Å²) in [5, 5.41) is 1.08. The van der Waals surface area contributed by atoms with Gasteiger partial charge in [0.25, 0.3) is 5.91 Å². The Morgan fingerprint density at radius 3 is 2.56 bits per heavy atom. The summed E-state index contributed by atoms with van der Waals surface area (Å²) in [5.74, 6) is 0.443. The van der Waals surface area contributed by atoms with Crippen LogP contribution in [0.1, 0.15) is 40.0 Å². The van der Waals surface area contributed by atoms with Crippen molar-refractivity contribution in [3.8, 4) is 11.5 Å². The van der Waals surface area contributed by atoms with E-state index >= 15 is 0 Å². The fraction of sp³-hybridized carbons (Fsp3) is 0.360. The number of amides is 1. The van der Waals surface area contributed by atoms with E-state index in [0.29, 0.717) is 23.6 Å². The number of likely N-dealkylation sites (N-methyl/N-ethyl adjacent to an activating group) is 1. The van der Waals surface area contributed by atoms with Crippen LogP contribution in [0.3, 0.4) is 0 Å². The summed E-state index contributed by atoms with van der Waals surface area (Å²) in [6, 6.07) is 11.0. The third kappa shape index (κ3) is 4.42. The van der Waals surface area contributed by atoms with E-state index < -0.39 is 5.97 Å². The maximum atomic E-state index is 12.6. The highest BCUT2D eigenvalue weighted by molar-refractivity contribution is 5.97. The molecule has 1 N–H and O–H groups in total. The van der Waals surface area contributed by atoms with Gasteiger partial charge in [0, 0.05) is 30.2 Å². The molecule has 4 rings (SSSR count). The molecule has 1 aromatic heterocycles. The summed E-state index contributed by atoms with van der Waals surface area (Å²) >= 11 is 0. The van der Waals surface area contributed by atoms with Gasteiger partial charge < -0.3 is 24.1 Å². The van der Waals surface area contributed by atoms with Gasteiger partial charge in [-0.3, -0.25) is 4.79 Å². The molecule has 1 aliphatic rings. The number of benzene rings is 2. The number of rotatable bonds is 7. The van der Waals surface area contributed by atoms with Crippen molar-refractivity contribution in [1.82, 2.24) is 9.88 Å². The van der Waals surface area contributed by atoms with Crippen LogP contribution < -0.4 is 9.47 Å². The normalized spacial score (nSPS) is 12.8. The second kappa shape index (κ2) is 9.34. The summed E-state index contributed by atoms with van der Waals surface area (Å²) in [7, 11) is 4.81. The molecule has 0 atom stereocenters. The average Bonchev–Trinajstić information content (AvgIpc) is 3.20. The van der Waals surface area contributed by atoms with Crippen LogP contribution in [0.5, 0.6) is 11.5 Å². The Morgan fingerprint density at radius 2 is 1.78 bits per heavy atom. The molecule has 0 aliphatic heterocycles. The molecule has 0 spiro atoms. The number of nitrogens with one attached hydrogen (secondary N) is 1. The van der Waals surface area contributed by atoms with Crippen LogP contribution in [0.15, 0.2) is 36.4 Å². The highest BCUT2D eigenvalue weighted by Gasteiger charge is 2.19. The quantitative estimate of drug-likeness (QED) is 0.569. The fourth-order valence-electron chi connectivity index (χ4n) is 4.19. The van der Waals surface area contributed by atoms with Crippen LogP contribution >= 0.6 is 0 Å². The van der Waals surface area contributed by atoms with Crippen LogP contribution in [0.2, 0.25) is 0 Å². The topological polar surface area (TPSA) is 80.9 Å². The zero-order chi connectivity index (χ0) is 22.7. The summed E-state index contributed by atoms with van der Waals surface area (Å²) in [6.45, 7) is 0.0457. The molecule has 0 fully saturated rings. The maximum absolute atomic E-state index is 12.6. The van der Waals surface area contributed by atoms with Gasteiger partial charge >= 0.3 is 5.97 Å². The second-order valence-corrected chi connectivity index (χ2v) is 8.06. The van der Waals surface area contributed by atoms with Crippen molar-refractivity contribution in [2.75, 3.05) is 27.9 Å². The van der Waals surface area contributed by atoms with Gasteiger partial charge in [0.1, 0.15) is 0 Å². The molecule has 1 aliphatic carbocycles. The van der Waals surface area contributed by atoms with E-state index in [-0.39, 0.29) is 12.5 Å². The predicted octanol–water partition coefficient (Wildman–Crippen LogP) is 3.88. The van der Waals surface area contributed by atoms with E-state index in [1.54, 1.807) is 33.4 Å². The van der Waals surface area contributed by atoms with E-state index in [1.165, 1.54) is 22.6 Å². The molecule has 3 aromatic rings. The smallest absolute Gasteiger partial charge is 0.338 e. The number of H-pyrrole nitrogens is 1. The molecular formula is C25H28N2O5. The number of aryl methyl sites for hydroxylation is 2. The first-order chi connectivity index (χ1) is 15.5. The number of esters is 1. The monoisotopic (exact) mass is 436 g/mol. The minimum atomic E-state index is -0.495. The Hall–Kier alpha value is -3.48. The second-order valence-electron chi connectivity index (χ2n) is 8.06. The zero-order valence-electron chi connectivity index (χ0n) is 18.7. The molecule has 7 heteroatoms. The molecule has 32 heavy (non-hydrogen) atoms. The van der Waals surface area contributed by atoms with Crippen LogP contribution in [0, 0.1) is 0 Å². The summed E-state index contributed by atoms with van der Waals surface area (Å²) in [5.41, 5.74) is 4.95. The Kier molecular flexibility index (Phi) is 6.35. The first-order valence-corrected chi connectivity index (χ1v) is 10.8. The maximum Gasteiger partial charge on any atom is 0.338 e. The minimum Gasteiger partial charge on any atom is -0.493 e. The summed E-state index contributed by atoms with van der Waals surface area (Å²) in [6.07, 6.45) is 4.42. The van der Waals surface area contributed by atoms with Crippen molar-refractivity contribution in [2.24, 2.45) is 0 Å². The molecular weight excluding hydrogens is 408 g/mol. The number of ether oxygens (including phenoxy) is 3. The van der Waals surface area contributed by atoms with Gasteiger partial charge in [-0.15, -0.1) is 0 Å². The Labute approximate surface area is 187 Å². The number of nitrogens with zero attached hydrogens (tertiary/aromatic N) is 1. The third-order valence-corrected chi connectivity index (χ3v) is 5.95. The molecule has 7 nitrogen and oxygen atoms in total. The van der Waals surface area contributed by atoms with Crippen LogP contribution in [-0.2, 0) is 28.9 Å². The van der Waals surface area contributed by atoms with Gasteiger partial charge in [0.2, 0.25) is 0 Å². The zero-order valence-corrected chi connectivity index (χ0v) is 18.7. The van der Waals surface area contributed by atoms with Crippen LogP contribution in [0.4, 0.5) is 0 Å². The molecule has 168 valence electrons. The van der Waals surface area contributed by atoms with E-state index in [4.69, 9.17) is 14.2 Å². The largest absolute Gasteiger partial charge is 0.493 e. The SMILES string of the molecule is COc1ccc(CN(C)C(=O)COC(=O)c2ccc3[nH]c4c(c3c2)CCCC4)cc1OC. The van der Waals surface area contributed by atoms with Crippen molar-refractivity contribution in [2.45, 2.75) is 32.2 Å². The Morgan fingerprint density at radius 1 is 1.00 bits per heavy atom. The number of aromatic nitrogens is 1. The lowest BCUT2D eigenvalue weighted by Crippen LogP contribution is -2.30. The summed E-state index contributed by atoms with van der Waals surface area (Å²) in [4.78, 5) is 30.1. The highest BCUT2D eigenvalue weighted by Crippen LogP contribution is 2.30. The highest BCUT2D eigenvalue weighted by atomic mass is 16.5. The van der Waals surface area contributed by atoms with Gasteiger partial charge in [-0.2, -0.15) is 0 Å². The molecule has 0 unspecified atom stereocenters. The van der Waals surface area contributed by atoms with Crippen LogP contribution in [-0.4, -0.2) is 49.6 Å². The number of hydrogen-bond acceptors (Lipinski definition) is 5. The van der Waals surface area contributed by atoms with Gasteiger partial charge in [0.05, 0.1) is 19.8 Å². The molecule has 0 saturated heterocycles. The van der Waals surface area contributed by atoms with Crippen molar-refractivity contribution in [3.05, 3.63) is 58.8 Å². The molecule has 0 radical (unpaired) electrons. The lowest BCUT2D eigenvalue weighted by Gasteiger charge is -2.18. The molecule has 0 saturated carbocycles. The van der Waals surface area contributed by atoms with Crippen LogP contribution in [0.25, 0.3) is 10.9 Å². The van der Waals surface area contributed by atoms with E-state index in [2.05, 4.69) is 4.98 Å². The van der Waals surface area contributed by atoms with Crippen molar-refractivity contribution >= 4 is 22.8 Å². The van der Waals surface area contributed by atoms with E-state index in [0.717, 1.165) is 35.7 Å². The number of hydrogen-bond donors (Lipinski definition) is 1. The third-order valence-electron chi connectivity index (χ3n) is 5.95. The fourth-order valence-corrected chi connectivity index (χ4v) is 4.19. The number of fused-ring (bicyclic) bond motifs is 3. The van der Waals surface area contributed by atoms with E-state index in [9.17, 15) is 9.59 Å². The van der Waals surface area contributed by atoms with E-state index in [1.807, 2.05) is 24.3 Å². The van der Waals surface area contributed by atoms with Gasteiger partial charge in [-0.05, 0) is 67.1 Å². The predicted molar refractivity (Wildman–Crippen MR) is 121 cm³/mol. The molecule has 1 amide bonds. The number of carbonyl (C=O) groups is 2. The standard InChI is InChI=1S/C25H28N2O5/c1-27(14-16-8-11-22(30-2)23(12-16)31-3)24(28)15-32-25(29)17-9-10-21-19(13-17)18-6-4-5-7-20(18)26-21/h8-13,26H,4-7,14-15H2,1-3H3. The Balaban J connectivity index is 1.37. The first kappa shape index (κ1) is 21.7. The van der Waals surface area contributed by atoms with Crippen molar-refractivity contribution < 1.29 is 23.8 Å². The number of aromatic amines is 1. The van der Waals surface area contributed by atoms with Crippen molar-refractivity contribution in [3.63, 3.8) is 0 Å². The molecule has 1 heterocycles. The molecule has 0 bridgehead atoms. The summed E-state index contributed by atoms with van der Waals surface area (Å²) < 4.78 is 15.9. The van der Waals surface area contributed by atoms with Crippen molar-refractivity contribution in [1.29, 1.82) is 0 Å². The minimum absolute atomic E-state index is 0.284. The lowest BCUT2D eigenvalue weighted by atomic mass is 9.95. The molecule has 2 aromatic carbocycles. The van der Waals surface area contributed by atoms with Gasteiger partial charge in [0.15, 0.2) is 18.1 Å². The lowest BCUT2D eigenvalue weighted by molar-refractivity contribution is -0.133. The Bertz CT molecular complexity index is 1150. The first-order valence-electron chi connectivity index (χ1n) is 10.8. The number of methoxy groups -OCH3 is 2.